The Morgan fingerprint density at radius 3 is 2.26 bits per heavy atom. The van der Waals surface area contributed by atoms with Gasteiger partial charge in [0.2, 0.25) is 0 Å². The van der Waals surface area contributed by atoms with E-state index in [1.54, 1.807) is 12.1 Å². The first-order chi connectivity index (χ1) is 9.15. The zero-order chi connectivity index (χ0) is 13.7. The molecule has 3 heteroatoms. The van der Waals surface area contributed by atoms with E-state index in [4.69, 9.17) is 0 Å². The molecule has 0 heterocycles. The molecule has 0 aromatic heterocycles. The molecule has 0 radical (unpaired) electrons. The summed E-state index contributed by atoms with van der Waals surface area (Å²) < 4.78 is 0. The van der Waals surface area contributed by atoms with Gasteiger partial charge in [-0.3, -0.25) is 10.1 Å². The number of aryl methyl sites for hydroxylation is 1. The number of nitrogens with zero attached hydrogens (tertiary/aromatic N) is 1. The van der Waals surface area contributed by atoms with Crippen molar-refractivity contribution in [2.75, 3.05) is 0 Å². The summed E-state index contributed by atoms with van der Waals surface area (Å²) in [6, 6.07) is 14.9. The first-order valence-corrected chi connectivity index (χ1v) is 6.12. The van der Waals surface area contributed by atoms with E-state index in [1.165, 1.54) is 23.3 Å². The van der Waals surface area contributed by atoms with Gasteiger partial charge in [-0.15, -0.1) is 0 Å². The summed E-state index contributed by atoms with van der Waals surface area (Å²) in [7, 11) is 0. The van der Waals surface area contributed by atoms with Crippen LogP contribution >= 0.6 is 0 Å². The number of hydrogen-bond acceptors (Lipinski definition) is 2. The van der Waals surface area contributed by atoms with Gasteiger partial charge < -0.3 is 0 Å². The maximum atomic E-state index is 10.5. The van der Waals surface area contributed by atoms with E-state index in [0.29, 0.717) is 0 Å². The van der Waals surface area contributed by atoms with Crippen LogP contribution in [0, 0.1) is 17.0 Å². The summed E-state index contributed by atoms with van der Waals surface area (Å²) in [4.78, 5) is 10.1. The molecule has 0 aliphatic heterocycles. The van der Waals surface area contributed by atoms with Gasteiger partial charge in [-0.2, -0.15) is 0 Å². The van der Waals surface area contributed by atoms with Crippen LogP contribution in [0.5, 0.6) is 0 Å². The molecule has 0 fully saturated rings. The Morgan fingerprint density at radius 2 is 1.68 bits per heavy atom. The van der Waals surface area contributed by atoms with E-state index < -0.39 is 0 Å². The molecule has 0 bridgehead atoms. The monoisotopic (exact) mass is 253 g/mol. The molecule has 96 valence electrons. The minimum atomic E-state index is -0.389. The number of non-ortho nitro benzene ring substituents is 1. The molecule has 2 aromatic carbocycles. The molecule has 0 N–H and O–H groups in total. The SMILES string of the molecule is Cc1ccc(CC=Cc2ccc([N+](=O)[O-])cc2)cc1. The number of nitro benzene ring substituents is 1. The van der Waals surface area contributed by atoms with Crippen molar-refractivity contribution >= 4 is 11.8 Å². The molecular formula is C16H15NO2. The molecule has 0 aliphatic carbocycles. The molecule has 2 aromatic rings. The normalized spacial score (nSPS) is 10.8. The van der Waals surface area contributed by atoms with Crippen LogP contribution in [-0.4, -0.2) is 4.92 Å². The van der Waals surface area contributed by atoms with Crippen molar-refractivity contribution in [1.29, 1.82) is 0 Å². The molecule has 0 saturated carbocycles. The molecule has 2 rings (SSSR count). The van der Waals surface area contributed by atoms with Gasteiger partial charge in [0.05, 0.1) is 4.92 Å². The lowest BCUT2D eigenvalue weighted by molar-refractivity contribution is -0.384. The first kappa shape index (κ1) is 13.0. The highest BCUT2D eigenvalue weighted by Crippen LogP contribution is 2.13. The zero-order valence-corrected chi connectivity index (χ0v) is 10.7. The highest BCUT2D eigenvalue weighted by Gasteiger charge is 2.01. The van der Waals surface area contributed by atoms with Gasteiger partial charge in [0.1, 0.15) is 0 Å². The summed E-state index contributed by atoms with van der Waals surface area (Å²) in [6.45, 7) is 2.07. The fraction of sp³-hybridized carbons (Fsp3) is 0.125. The first-order valence-electron chi connectivity index (χ1n) is 6.12. The van der Waals surface area contributed by atoms with Gasteiger partial charge in [0.15, 0.2) is 0 Å². The summed E-state index contributed by atoms with van der Waals surface area (Å²) in [5.74, 6) is 0. The molecule has 0 spiro atoms. The van der Waals surface area contributed by atoms with Gasteiger partial charge in [-0.05, 0) is 36.6 Å². The molecular weight excluding hydrogens is 238 g/mol. The average molecular weight is 253 g/mol. The van der Waals surface area contributed by atoms with Crippen LogP contribution in [0.1, 0.15) is 16.7 Å². The maximum Gasteiger partial charge on any atom is 0.269 e. The van der Waals surface area contributed by atoms with Crippen LogP contribution in [0.25, 0.3) is 6.08 Å². The van der Waals surface area contributed by atoms with Crippen LogP contribution in [0.15, 0.2) is 54.6 Å². The van der Waals surface area contributed by atoms with Crippen molar-refractivity contribution in [3.8, 4) is 0 Å². The Balaban J connectivity index is 1.98. The minimum absolute atomic E-state index is 0.121. The Bertz CT molecular complexity index is 583. The van der Waals surface area contributed by atoms with Crippen LogP contribution < -0.4 is 0 Å². The third-order valence-electron chi connectivity index (χ3n) is 2.89. The zero-order valence-electron chi connectivity index (χ0n) is 10.7. The lowest BCUT2D eigenvalue weighted by Gasteiger charge is -1.97. The lowest BCUT2D eigenvalue weighted by Crippen LogP contribution is -1.86. The Hall–Kier alpha value is -2.42. The fourth-order valence-electron chi connectivity index (χ4n) is 1.76. The Labute approximate surface area is 112 Å². The van der Waals surface area contributed by atoms with E-state index in [2.05, 4.69) is 37.3 Å². The second-order valence-electron chi connectivity index (χ2n) is 4.44. The largest absolute Gasteiger partial charge is 0.269 e. The number of hydrogen-bond donors (Lipinski definition) is 0. The summed E-state index contributed by atoms with van der Waals surface area (Å²) in [5, 5.41) is 10.5. The molecule has 0 unspecified atom stereocenters. The van der Waals surface area contributed by atoms with E-state index in [0.717, 1.165) is 12.0 Å². The van der Waals surface area contributed by atoms with Crippen molar-refractivity contribution in [2.24, 2.45) is 0 Å². The van der Waals surface area contributed by atoms with E-state index in [9.17, 15) is 10.1 Å². The number of benzene rings is 2. The third kappa shape index (κ3) is 3.78. The van der Waals surface area contributed by atoms with Crippen molar-refractivity contribution in [3.05, 3.63) is 81.4 Å². The molecule has 3 nitrogen and oxygen atoms in total. The van der Waals surface area contributed by atoms with E-state index >= 15 is 0 Å². The molecule has 0 amide bonds. The standard InChI is InChI=1S/C16H15NO2/c1-13-5-7-14(8-6-13)3-2-4-15-9-11-16(12-10-15)17(18)19/h2,4-12H,3H2,1H3. The molecule has 19 heavy (non-hydrogen) atoms. The van der Waals surface area contributed by atoms with Crippen LogP contribution in [0.2, 0.25) is 0 Å². The second kappa shape index (κ2) is 5.96. The number of rotatable bonds is 4. The maximum absolute atomic E-state index is 10.5. The molecule has 0 atom stereocenters. The average Bonchev–Trinajstić information content (AvgIpc) is 2.41. The summed E-state index contributed by atoms with van der Waals surface area (Å²) in [6.07, 6.45) is 4.90. The van der Waals surface area contributed by atoms with Crippen LogP contribution in [0.4, 0.5) is 5.69 Å². The van der Waals surface area contributed by atoms with Crippen LogP contribution in [0.3, 0.4) is 0 Å². The van der Waals surface area contributed by atoms with Gasteiger partial charge in [-0.25, -0.2) is 0 Å². The fourth-order valence-corrected chi connectivity index (χ4v) is 1.76. The van der Waals surface area contributed by atoms with Crippen molar-refractivity contribution in [1.82, 2.24) is 0 Å². The molecule has 0 aliphatic rings. The van der Waals surface area contributed by atoms with Gasteiger partial charge in [0.25, 0.3) is 5.69 Å². The highest BCUT2D eigenvalue weighted by atomic mass is 16.6. The van der Waals surface area contributed by atoms with Gasteiger partial charge in [0, 0.05) is 12.1 Å². The van der Waals surface area contributed by atoms with E-state index in [1.807, 2.05) is 6.08 Å². The Kier molecular flexibility index (Phi) is 4.08. The van der Waals surface area contributed by atoms with Gasteiger partial charge in [-0.1, -0.05) is 42.0 Å². The summed E-state index contributed by atoms with van der Waals surface area (Å²) >= 11 is 0. The highest BCUT2D eigenvalue weighted by molar-refractivity contribution is 5.52. The van der Waals surface area contributed by atoms with Crippen molar-refractivity contribution in [3.63, 3.8) is 0 Å². The van der Waals surface area contributed by atoms with Gasteiger partial charge >= 0.3 is 0 Å². The van der Waals surface area contributed by atoms with Crippen molar-refractivity contribution in [2.45, 2.75) is 13.3 Å². The van der Waals surface area contributed by atoms with E-state index in [-0.39, 0.29) is 10.6 Å². The second-order valence-corrected chi connectivity index (χ2v) is 4.44. The third-order valence-corrected chi connectivity index (χ3v) is 2.89. The summed E-state index contributed by atoms with van der Waals surface area (Å²) in [5.41, 5.74) is 3.60. The number of allylic oxidation sites excluding steroid dienone is 1. The van der Waals surface area contributed by atoms with Crippen LogP contribution in [-0.2, 0) is 6.42 Å². The lowest BCUT2D eigenvalue weighted by atomic mass is 10.1. The predicted molar refractivity (Wildman–Crippen MR) is 77.0 cm³/mol. The quantitative estimate of drug-likeness (QED) is 0.606. The topological polar surface area (TPSA) is 43.1 Å². The molecule has 0 saturated heterocycles. The number of nitro groups is 1. The predicted octanol–water partition coefficient (Wildman–Crippen LogP) is 4.16. The minimum Gasteiger partial charge on any atom is -0.258 e. The smallest absolute Gasteiger partial charge is 0.258 e. The van der Waals surface area contributed by atoms with Crippen molar-refractivity contribution < 1.29 is 4.92 Å². The Morgan fingerprint density at radius 1 is 1.05 bits per heavy atom.